The molecule has 106 valence electrons. The predicted octanol–water partition coefficient (Wildman–Crippen LogP) is 4.48. The Balaban J connectivity index is 3.13. The second kappa shape index (κ2) is 6.12. The van der Waals surface area contributed by atoms with Crippen molar-refractivity contribution in [1.82, 2.24) is 0 Å². The van der Waals surface area contributed by atoms with E-state index in [4.69, 9.17) is 10.8 Å². The van der Waals surface area contributed by atoms with Crippen molar-refractivity contribution in [3.05, 3.63) is 0 Å². The number of hydrogen-bond acceptors (Lipinski definition) is 2. The Labute approximate surface area is 119 Å². The number of rotatable bonds is 8. The molecule has 1 fully saturated rings. The molecule has 1 saturated carbocycles. The molecule has 0 radical (unpaired) electrons. The maximum Gasteiger partial charge on any atom is 0.194 e. The first-order chi connectivity index (χ1) is 9.03. The van der Waals surface area contributed by atoms with Crippen LogP contribution in [0.25, 0.3) is 0 Å². The van der Waals surface area contributed by atoms with Gasteiger partial charge in [-0.1, -0.05) is 40.0 Å². The summed E-state index contributed by atoms with van der Waals surface area (Å²) in [6.07, 6.45) is 9.44. The van der Waals surface area contributed by atoms with E-state index in [1.165, 1.54) is 0 Å². The van der Waals surface area contributed by atoms with Crippen molar-refractivity contribution in [3.8, 4) is 18.4 Å². The Kier molecular flexibility index (Phi) is 5.24. The summed E-state index contributed by atoms with van der Waals surface area (Å²) in [5.74, 6) is 2.92. The number of nitrogens with zero attached hydrogens (tertiary/aromatic N) is 1. The first-order valence-electron chi connectivity index (χ1n) is 7.62. The molecule has 2 nitrogen and oxygen atoms in total. The minimum absolute atomic E-state index is 0.407. The van der Waals surface area contributed by atoms with E-state index in [0.717, 1.165) is 43.8 Å². The van der Waals surface area contributed by atoms with Gasteiger partial charge >= 0.3 is 0 Å². The van der Waals surface area contributed by atoms with Crippen LogP contribution in [-0.2, 0) is 4.43 Å². The quantitative estimate of drug-likeness (QED) is 0.484. The monoisotopic (exact) mass is 277 g/mol. The molecular formula is C16H27NOSi. The molecule has 0 aromatic rings. The molecule has 0 bridgehead atoms. The highest BCUT2D eigenvalue weighted by molar-refractivity contribution is 6.73. The van der Waals surface area contributed by atoms with E-state index in [1.54, 1.807) is 0 Å². The summed E-state index contributed by atoms with van der Waals surface area (Å²) in [5.41, 5.74) is -1.04. The first-order valence-corrected chi connectivity index (χ1v) is 10.1. The predicted molar refractivity (Wildman–Crippen MR) is 82.0 cm³/mol. The van der Waals surface area contributed by atoms with Crippen LogP contribution in [0.2, 0.25) is 18.1 Å². The second-order valence-electron chi connectivity index (χ2n) is 5.76. The fourth-order valence-electron chi connectivity index (χ4n) is 3.05. The topological polar surface area (TPSA) is 33.0 Å². The SMILES string of the molecule is C#C[C@@](CCC)(O[Si](CC)(CC)CC)C1(C#N)CC1. The average molecular weight is 277 g/mol. The molecule has 0 unspecified atom stereocenters. The summed E-state index contributed by atoms with van der Waals surface area (Å²) in [5, 5.41) is 9.55. The zero-order valence-corrected chi connectivity index (χ0v) is 13.9. The summed E-state index contributed by atoms with van der Waals surface area (Å²) >= 11 is 0. The van der Waals surface area contributed by atoms with Gasteiger partial charge in [0, 0.05) is 0 Å². The number of hydrogen-bond donors (Lipinski definition) is 0. The van der Waals surface area contributed by atoms with E-state index in [-0.39, 0.29) is 0 Å². The zero-order chi connectivity index (χ0) is 14.6. The van der Waals surface area contributed by atoms with Crippen molar-refractivity contribution in [3.63, 3.8) is 0 Å². The molecule has 0 saturated heterocycles. The summed E-state index contributed by atoms with van der Waals surface area (Å²) < 4.78 is 6.66. The molecule has 0 heterocycles. The van der Waals surface area contributed by atoms with Gasteiger partial charge in [0.1, 0.15) is 5.60 Å². The molecule has 0 aromatic heterocycles. The highest BCUT2D eigenvalue weighted by atomic mass is 28.4. The van der Waals surface area contributed by atoms with Gasteiger partial charge in [0.15, 0.2) is 8.32 Å². The van der Waals surface area contributed by atoms with E-state index >= 15 is 0 Å². The zero-order valence-electron chi connectivity index (χ0n) is 12.9. The van der Waals surface area contributed by atoms with Crippen LogP contribution in [0.5, 0.6) is 0 Å². The summed E-state index contributed by atoms with van der Waals surface area (Å²) in [7, 11) is -1.79. The lowest BCUT2D eigenvalue weighted by Gasteiger charge is -2.42. The summed E-state index contributed by atoms with van der Waals surface area (Å²) in [4.78, 5) is 0. The summed E-state index contributed by atoms with van der Waals surface area (Å²) in [6, 6.07) is 5.71. The number of nitriles is 1. The van der Waals surface area contributed by atoms with Crippen molar-refractivity contribution < 1.29 is 4.43 Å². The standard InChI is InChI=1S/C16H27NOSi/c1-6-11-16(7-2,15(14-17)12-13-15)18-19(8-3,9-4)10-5/h2H,6,8-13H2,1,3-5H3/t16-/m0/s1. The molecule has 0 N–H and O–H groups in total. The molecule has 0 aliphatic heterocycles. The molecule has 0 amide bonds. The fraction of sp³-hybridized carbons (Fsp3) is 0.812. The van der Waals surface area contributed by atoms with Crippen molar-refractivity contribution in [2.75, 3.05) is 0 Å². The maximum atomic E-state index is 9.55. The van der Waals surface area contributed by atoms with Crippen LogP contribution in [0.3, 0.4) is 0 Å². The van der Waals surface area contributed by atoms with E-state index < -0.39 is 19.3 Å². The Morgan fingerprint density at radius 1 is 1.21 bits per heavy atom. The van der Waals surface area contributed by atoms with Gasteiger partial charge in [-0.25, -0.2) is 0 Å². The van der Waals surface area contributed by atoms with Crippen LogP contribution in [0.1, 0.15) is 53.4 Å². The van der Waals surface area contributed by atoms with Crippen LogP contribution in [0.15, 0.2) is 0 Å². The molecule has 19 heavy (non-hydrogen) atoms. The van der Waals surface area contributed by atoms with Crippen molar-refractivity contribution in [1.29, 1.82) is 5.26 Å². The average Bonchev–Trinajstić information content (AvgIpc) is 3.25. The Morgan fingerprint density at radius 3 is 2.00 bits per heavy atom. The Morgan fingerprint density at radius 2 is 1.74 bits per heavy atom. The molecule has 1 aliphatic rings. The van der Waals surface area contributed by atoms with Crippen LogP contribution in [0.4, 0.5) is 0 Å². The smallest absolute Gasteiger partial charge is 0.194 e. The lowest BCUT2D eigenvalue weighted by Crippen LogP contribution is -2.51. The van der Waals surface area contributed by atoms with Crippen molar-refractivity contribution in [2.45, 2.75) is 77.1 Å². The highest BCUT2D eigenvalue weighted by Gasteiger charge is 2.61. The van der Waals surface area contributed by atoms with Gasteiger partial charge in [0.25, 0.3) is 0 Å². The third kappa shape index (κ3) is 2.73. The third-order valence-corrected chi connectivity index (χ3v) is 9.54. The molecule has 1 atom stereocenters. The fourth-order valence-corrected chi connectivity index (χ4v) is 6.08. The molecule has 3 heteroatoms. The summed E-state index contributed by atoms with van der Waals surface area (Å²) in [6.45, 7) is 8.74. The highest BCUT2D eigenvalue weighted by Crippen LogP contribution is 2.58. The molecule has 1 aliphatic carbocycles. The van der Waals surface area contributed by atoms with Crippen LogP contribution >= 0.6 is 0 Å². The van der Waals surface area contributed by atoms with Gasteiger partial charge in [0.2, 0.25) is 0 Å². The van der Waals surface area contributed by atoms with E-state index in [1.807, 2.05) is 0 Å². The Hall–Kier alpha value is -0.773. The molecule has 0 spiro atoms. The lowest BCUT2D eigenvalue weighted by molar-refractivity contribution is 0.0541. The van der Waals surface area contributed by atoms with Gasteiger partial charge in [-0.3, -0.25) is 0 Å². The number of terminal acetylenes is 1. The van der Waals surface area contributed by atoms with Gasteiger partial charge in [-0.15, -0.1) is 6.42 Å². The third-order valence-electron chi connectivity index (χ3n) is 4.90. The molecule has 0 aromatic carbocycles. The van der Waals surface area contributed by atoms with Gasteiger partial charge in [0.05, 0.1) is 11.5 Å². The van der Waals surface area contributed by atoms with E-state index in [0.29, 0.717) is 0 Å². The minimum Gasteiger partial charge on any atom is -0.399 e. The first kappa shape index (κ1) is 16.3. The maximum absolute atomic E-state index is 9.55. The van der Waals surface area contributed by atoms with Crippen molar-refractivity contribution in [2.24, 2.45) is 5.41 Å². The van der Waals surface area contributed by atoms with Gasteiger partial charge in [-0.05, 0) is 37.4 Å². The minimum atomic E-state index is -1.79. The van der Waals surface area contributed by atoms with Crippen LogP contribution in [-0.4, -0.2) is 13.9 Å². The molecule has 1 rings (SSSR count). The van der Waals surface area contributed by atoms with Gasteiger partial charge < -0.3 is 4.43 Å². The van der Waals surface area contributed by atoms with Crippen LogP contribution < -0.4 is 0 Å². The normalized spacial score (nSPS) is 20.1. The van der Waals surface area contributed by atoms with Gasteiger partial charge in [-0.2, -0.15) is 5.26 Å². The van der Waals surface area contributed by atoms with E-state index in [2.05, 4.69) is 39.7 Å². The molecular weight excluding hydrogens is 250 g/mol. The second-order valence-corrected chi connectivity index (χ2v) is 10.5. The van der Waals surface area contributed by atoms with E-state index in [9.17, 15) is 5.26 Å². The lowest BCUT2D eigenvalue weighted by atomic mass is 9.82. The largest absolute Gasteiger partial charge is 0.399 e. The Bertz CT molecular complexity index is 376. The van der Waals surface area contributed by atoms with Crippen molar-refractivity contribution >= 4 is 8.32 Å². The van der Waals surface area contributed by atoms with Crippen LogP contribution in [0, 0.1) is 29.1 Å².